The third kappa shape index (κ3) is 5.28. The van der Waals surface area contributed by atoms with Gasteiger partial charge in [-0.1, -0.05) is 12.1 Å². The summed E-state index contributed by atoms with van der Waals surface area (Å²) in [6, 6.07) is 7.80. The van der Waals surface area contributed by atoms with E-state index >= 15 is 0 Å². The molecule has 0 fully saturated rings. The molecule has 10 heteroatoms. The van der Waals surface area contributed by atoms with E-state index in [1.807, 2.05) is 0 Å². The number of hydrogen-bond donors (Lipinski definition) is 3. The average molecular weight is 398 g/mol. The lowest BCUT2D eigenvalue weighted by atomic mass is 10.1. The van der Waals surface area contributed by atoms with Gasteiger partial charge in [-0.05, 0) is 29.6 Å². The van der Waals surface area contributed by atoms with E-state index in [1.165, 1.54) is 37.4 Å². The Hall–Kier alpha value is -2.43. The predicted octanol–water partition coefficient (Wildman–Crippen LogP) is 1.77. The highest BCUT2D eigenvalue weighted by Gasteiger charge is 2.21. The molecule has 1 heterocycles. The zero-order valence-corrected chi connectivity index (χ0v) is 15.5. The molecule has 1 unspecified atom stereocenters. The van der Waals surface area contributed by atoms with Crippen molar-refractivity contribution in [2.45, 2.75) is 16.7 Å². The Morgan fingerprint density at radius 1 is 1.27 bits per heavy atom. The Kier molecular flexibility index (Phi) is 6.72. The molecule has 0 aliphatic rings. The maximum Gasteiger partial charge on any atom is 0.326 e. The van der Waals surface area contributed by atoms with E-state index in [0.29, 0.717) is 0 Å². The van der Waals surface area contributed by atoms with Crippen molar-refractivity contribution in [3.63, 3.8) is 0 Å². The number of carboxylic acid groups (broad SMARTS) is 1. The van der Waals surface area contributed by atoms with Crippen LogP contribution in [0.3, 0.4) is 0 Å². The van der Waals surface area contributed by atoms with E-state index < -0.39 is 27.9 Å². The van der Waals surface area contributed by atoms with Crippen LogP contribution in [-0.4, -0.2) is 45.2 Å². The normalized spacial score (nSPS) is 12.3. The number of rotatable bonds is 9. The van der Waals surface area contributed by atoms with Gasteiger partial charge in [0.25, 0.3) is 15.9 Å². The molecule has 0 aliphatic carbocycles. The van der Waals surface area contributed by atoms with Crippen LogP contribution in [-0.2, 0) is 19.6 Å². The second-order valence-corrected chi connectivity index (χ2v) is 8.12. The van der Waals surface area contributed by atoms with Crippen molar-refractivity contribution in [3.05, 3.63) is 47.3 Å². The summed E-state index contributed by atoms with van der Waals surface area (Å²) in [5, 5.41) is 13.2. The zero-order valence-electron chi connectivity index (χ0n) is 13.8. The Balaban J connectivity index is 2.13. The van der Waals surface area contributed by atoms with E-state index in [2.05, 4.69) is 10.0 Å². The van der Waals surface area contributed by atoms with Gasteiger partial charge < -0.3 is 15.2 Å². The number of carbonyl (C=O) groups is 2. The maximum absolute atomic E-state index is 12.3. The smallest absolute Gasteiger partial charge is 0.326 e. The monoisotopic (exact) mass is 398 g/mol. The molecule has 8 nitrogen and oxygen atoms in total. The van der Waals surface area contributed by atoms with Gasteiger partial charge in [-0.15, -0.1) is 11.3 Å². The number of nitrogens with one attached hydrogen (secondary N) is 2. The Labute approximate surface area is 154 Å². The van der Waals surface area contributed by atoms with Crippen LogP contribution in [0, 0.1) is 0 Å². The van der Waals surface area contributed by atoms with Crippen molar-refractivity contribution in [2.24, 2.45) is 0 Å². The van der Waals surface area contributed by atoms with Crippen molar-refractivity contribution in [2.75, 3.05) is 18.4 Å². The summed E-state index contributed by atoms with van der Waals surface area (Å²) in [5.41, 5.74) is 0.342. The number of carbonyl (C=O) groups excluding carboxylic acids is 1. The van der Waals surface area contributed by atoms with Crippen LogP contribution in [0.5, 0.6) is 0 Å². The number of benzene rings is 1. The molecule has 3 N–H and O–H groups in total. The van der Waals surface area contributed by atoms with Crippen molar-refractivity contribution in [1.82, 2.24) is 5.32 Å². The Morgan fingerprint density at radius 3 is 2.65 bits per heavy atom. The number of amides is 1. The second-order valence-electron chi connectivity index (χ2n) is 5.26. The summed E-state index contributed by atoms with van der Waals surface area (Å²) in [7, 11) is -2.30. The number of aliphatic carboxylic acids is 1. The number of thiophene rings is 1. The van der Waals surface area contributed by atoms with E-state index in [-0.39, 0.29) is 28.5 Å². The van der Waals surface area contributed by atoms with Crippen molar-refractivity contribution >= 4 is 38.9 Å². The lowest BCUT2D eigenvalue weighted by molar-refractivity contribution is -0.139. The van der Waals surface area contributed by atoms with Crippen LogP contribution < -0.4 is 10.0 Å². The molecule has 1 amide bonds. The lowest BCUT2D eigenvalue weighted by Crippen LogP contribution is -2.41. The molecule has 0 aliphatic heterocycles. The quantitative estimate of drug-likeness (QED) is 0.592. The maximum atomic E-state index is 12.3. The van der Waals surface area contributed by atoms with Crippen molar-refractivity contribution in [1.29, 1.82) is 0 Å². The zero-order chi connectivity index (χ0) is 19.2. The molecule has 2 rings (SSSR count). The molecule has 0 saturated carbocycles. The highest BCUT2D eigenvalue weighted by Crippen LogP contribution is 2.20. The summed E-state index contributed by atoms with van der Waals surface area (Å²) in [6.07, 6.45) is 0.113. The van der Waals surface area contributed by atoms with E-state index in [9.17, 15) is 18.0 Å². The first-order valence-corrected chi connectivity index (χ1v) is 9.89. The first-order chi connectivity index (χ1) is 12.3. The van der Waals surface area contributed by atoms with Crippen LogP contribution in [0.2, 0.25) is 0 Å². The number of carboxylic acids is 1. The fourth-order valence-corrected chi connectivity index (χ4v) is 4.12. The largest absolute Gasteiger partial charge is 0.480 e. The highest BCUT2D eigenvalue weighted by atomic mass is 32.2. The molecule has 1 aromatic heterocycles. The molecule has 0 radical (unpaired) electrons. The predicted molar refractivity (Wildman–Crippen MR) is 97.0 cm³/mol. The van der Waals surface area contributed by atoms with Crippen LogP contribution >= 0.6 is 11.3 Å². The Bertz CT molecular complexity index is 865. The average Bonchev–Trinajstić information content (AvgIpc) is 3.13. The topological polar surface area (TPSA) is 122 Å². The standard InChI is InChI=1S/C16H18N2O6S2/c1-24-8-7-13(16(20)21)17-15(19)11-4-2-5-12(10-11)18-26(22,23)14-6-3-9-25-14/h2-6,9-10,13,18H,7-8H2,1H3,(H,17,19)(H,20,21). The number of methoxy groups -OCH3 is 1. The summed E-state index contributed by atoms with van der Waals surface area (Å²) in [6.45, 7) is 0.178. The second kappa shape index (κ2) is 8.79. The fraction of sp³-hybridized carbons (Fsp3) is 0.250. The third-order valence-corrected chi connectivity index (χ3v) is 6.13. The van der Waals surface area contributed by atoms with Gasteiger partial charge in [-0.2, -0.15) is 0 Å². The summed E-state index contributed by atoms with van der Waals surface area (Å²) >= 11 is 1.07. The number of sulfonamides is 1. The minimum Gasteiger partial charge on any atom is -0.480 e. The number of ether oxygens (including phenoxy) is 1. The molecule has 140 valence electrons. The van der Waals surface area contributed by atoms with Gasteiger partial charge in [-0.25, -0.2) is 13.2 Å². The lowest BCUT2D eigenvalue weighted by Gasteiger charge is -2.14. The molecular weight excluding hydrogens is 380 g/mol. The minimum absolute atomic E-state index is 0.113. The molecule has 0 bridgehead atoms. The minimum atomic E-state index is -3.73. The summed E-state index contributed by atoms with van der Waals surface area (Å²) in [5.74, 6) is -1.80. The van der Waals surface area contributed by atoms with E-state index in [1.54, 1.807) is 11.4 Å². The van der Waals surface area contributed by atoms with Crippen LogP contribution in [0.15, 0.2) is 46.0 Å². The third-order valence-electron chi connectivity index (χ3n) is 3.35. The van der Waals surface area contributed by atoms with Crippen molar-refractivity contribution in [3.8, 4) is 0 Å². The van der Waals surface area contributed by atoms with E-state index in [0.717, 1.165) is 11.3 Å². The van der Waals surface area contributed by atoms with Gasteiger partial charge in [0.05, 0.1) is 0 Å². The molecular formula is C16H18N2O6S2. The Morgan fingerprint density at radius 2 is 2.04 bits per heavy atom. The van der Waals surface area contributed by atoms with Crippen LogP contribution in [0.4, 0.5) is 5.69 Å². The highest BCUT2D eigenvalue weighted by molar-refractivity contribution is 7.94. The molecule has 2 aromatic rings. The van der Waals surface area contributed by atoms with Gasteiger partial charge in [0, 0.05) is 31.4 Å². The van der Waals surface area contributed by atoms with Crippen LogP contribution in [0.1, 0.15) is 16.8 Å². The van der Waals surface area contributed by atoms with Gasteiger partial charge in [-0.3, -0.25) is 9.52 Å². The molecule has 26 heavy (non-hydrogen) atoms. The first-order valence-electron chi connectivity index (χ1n) is 7.52. The molecule has 1 aromatic carbocycles. The van der Waals surface area contributed by atoms with Gasteiger partial charge in [0.2, 0.25) is 0 Å². The van der Waals surface area contributed by atoms with Gasteiger partial charge >= 0.3 is 5.97 Å². The number of anilines is 1. The molecule has 0 saturated heterocycles. The summed E-state index contributed by atoms with van der Waals surface area (Å²) in [4.78, 5) is 23.5. The first kappa shape index (κ1) is 19.9. The molecule has 1 atom stereocenters. The number of hydrogen-bond acceptors (Lipinski definition) is 6. The van der Waals surface area contributed by atoms with Crippen LogP contribution in [0.25, 0.3) is 0 Å². The summed E-state index contributed by atoms with van der Waals surface area (Å²) < 4.78 is 31.8. The van der Waals surface area contributed by atoms with Crippen molar-refractivity contribution < 1.29 is 27.9 Å². The van der Waals surface area contributed by atoms with Gasteiger partial charge in [0.1, 0.15) is 10.3 Å². The molecule has 0 spiro atoms. The fourth-order valence-electron chi connectivity index (χ4n) is 2.08. The SMILES string of the molecule is COCCC(NC(=O)c1cccc(NS(=O)(=O)c2cccs2)c1)C(=O)O. The van der Waals surface area contributed by atoms with E-state index in [4.69, 9.17) is 9.84 Å². The van der Waals surface area contributed by atoms with Gasteiger partial charge in [0.15, 0.2) is 0 Å².